The van der Waals surface area contributed by atoms with Crippen LogP contribution in [0.1, 0.15) is 70.6 Å². The molecule has 4 heteroatoms. The molecule has 130 valence electrons. The maximum atomic E-state index is 13.2. The summed E-state index contributed by atoms with van der Waals surface area (Å²) in [6.07, 6.45) is 11.1. The lowest BCUT2D eigenvalue weighted by atomic mass is 9.56. The standard InChI is InChI=1S/C20H28N2O2/c21-11-16-6-15-1-2-17(15)22(16)18(23)10-19-7-13-3-4-20(24,12-19)9-14(5-13)8-19/h13-17,24H,1-10,12H2. The molecule has 4 bridgehead atoms. The van der Waals surface area contributed by atoms with Gasteiger partial charge < -0.3 is 10.0 Å². The molecule has 4 nitrogen and oxygen atoms in total. The van der Waals surface area contributed by atoms with Gasteiger partial charge in [0, 0.05) is 12.5 Å². The molecule has 0 radical (unpaired) electrons. The predicted molar refractivity (Wildman–Crippen MR) is 88.7 cm³/mol. The number of hydrogen-bond acceptors (Lipinski definition) is 3. The molecule has 5 saturated carbocycles. The second-order valence-electron chi connectivity index (χ2n) is 9.78. The monoisotopic (exact) mass is 328 g/mol. The number of nitriles is 1. The fourth-order valence-electron chi connectivity index (χ4n) is 7.35. The van der Waals surface area contributed by atoms with Crippen molar-refractivity contribution in [2.45, 2.75) is 88.3 Å². The van der Waals surface area contributed by atoms with E-state index in [0.717, 1.165) is 51.4 Å². The number of carbonyl (C=O) groups is 1. The highest BCUT2D eigenvalue weighted by Gasteiger charge is 2.56. The number of aliphatic hydroxyl groups is 1. The van der Waals surface area contributed by atoms with Crippen molar-refractivity contribution in [3.63, 3.8) is 0 Å². The molecule has 0 spiro atoms. The molecule has 7 unspecified atom stereocenters. The minimum Gasteiger partial charge on any atom is -0.390 e. The highest BCUT2D eigenvalue weighted by atomic mass is 16.3. The molecule has 6 rings (SSSR count). The fraction of sp³-hybridized carbons (Fsp3) is 0.900. The van der Waals surface area contributed by atoms with Gasteiger partial charge >= 0.3 is 0 Å². The van der Waals surface area contributed by atoms with Gasteiger partial charge in [-0.3, -0.25) is 4.79 Å². The third kappa shape index (κ3) is 2.17. The van der Waals surface area contributed by atoms with Crippen molar-refractivity contribution in [2.24, 2.45) is 23.2 Å². The quantitative estimate of drug-likeness (QED) is 0.847. The number of likely N-dealkylation sites (tertiary alicyclic amines) is 1. The summed E-state index contributed by atoms with van der Waals surface area (Å²) < 4.78 is 0. The van der Waals surface area contributed by atoms with Crippen molar-refractivity contribution in [2.75, 3.05) is 0 Å². The van der Waals surface area contributed by atoms with Crippen LogP contribution in [-0.4, -0.2) is 33.6 Å². The van der Waals surface area contributed by atoms with Crippen LogP contribution >= 0.6 is 0 Å². The third-order valence-corrected chi connectivity index (χ3v) is 8.06. The molecule has 1 N–H and O–H groups in total. The molecule has 5 aliphatic carbocycles. The van der Waals surface area contributed by atoms with Crippen LogP contribution in [-0.2, 0) is 4.79 Å². The number of amides is 1. The molecular weight excluding hydrogens is 300 g/mol. The molecule has 0 aromatic rings. The smallest absolute Gasteiger partial charge is 0.224 e. The second kappa shape index (κ2) is 4.97. The first kappa shape index (κ1) is 15.2. The van der Waals surface area contributed by atoms with Gasteiger partial charge in [-0.05, 0) is 87.4 Å². The van der Waals surface area contributed by atoms with Gasteiger partial charge in [0.15, 0.2) is 0 Å². The Morgan fingerprint density at radius 1 is 1.17 bits per heavy atom. The van der Waals surface area contributed by atoms with E-state index in [1.54, 1.807) is 0 Å². The zero-order chi connectivity index (χ0) is 16.5. The van der Waals surface area contributed by atoms with Crippen LogP contribution in [0.25, 0.3) is 0 Å². The largest absolute Gasteiger partial charge is 0.390 e. The number of carbonyl (C=O) groups excluding carboxylic acids is 1. The Kier molecular flexibility index (Phi) is 3.15. The lowest BCUT2D eigenvalue weighted by molar-refractivity contribution is -0.143. The van der Waals surface area contributed by atoms with Crippen molar-refractivity contribution in [3.05, 3.63) is 0 Å². The first-order chi connectivity index (χ1) is 11.5. The van der Waals surface area contributed by atoms with Crippen LogP contribution in [0.15, 0.2) is 0 Å². The van der Waals surface area contributed by atoms with Crippen LogP contribution in [0.3, 0.4) is 0 Å². The zero-order valence-corrected chi connectivity index (χ0v) is 14.4. The van der Waals surface area contributed by atoms with Crippen LogP contribution in [0.2, 0.25) is 0 Å². The van der Waals surface area contributed by atoms with E-state index in [1.165, 1.54) is 12.8 Å². The third-order valence-electron chi connectivity index (χ3n) is 8.06. The van der Waals surface area contributed by atoms with Crippen LogP contribution in [0, 0.1) is 34.5 Å². The molecule has 6 fully saturated rings. The van der Waals surface area contributed by atoms with E-state index in [0.29, 0.717) is 30.2 Å². The van der Waals surface area contributed by atoms with Crippen molar-refractivity contribution in [1.29, 1.82) is 5.26 Å². The molecule has 1 amide bonds. The Hall–Kier alpha value is -1.08. The molecule has 1 aliphatic heterocycles. The van der Waals surface area contributed by atoms with E-state index in [-0.39, 0.29) is 17.4 Å². The van der Waals surface area contributed by atoms with Gasteiger partial charge in [0.1, 0.15) is 6.04 Å². The lowest BCUT2D eigenvalue weighted by Crippen LogP contribution is -2.51. The molecule has 1 heterocycles. The minimum atomic E-state index is -0.521. The summed E-state index contributed by atoms with van der Waals surface area (Å²) >= 11 is 0. The van der Waals surface area contributed by atoms with Gasteiger partial charge in [-0.25, -0.2) is 0 Å². The van der Waals surface area contributed by atoms with E-state index in [2.05, 4.69) is 6.07 Å². The lowest BCUT2D eigenvalue weighted by Gasteiger charge is -2.51. The van der Waals surface area contributed by atoms with Crippen molar-refractivity contribution < 1.29 is 9.90 Å². The second-order valence-corrected chi connectivity index (χ2v) is 9.78. The van der Waals surface area contributed by atoms with E-state index in [1.807, 2.05) is 4.90 Å². The summed E-state index contributed by atoms with van der Waals surface area (Å²) in [5, 5.41) is 20.5. The van der Waals surface area contributed by atoms with E-state index in [9.17, 15) is 15.2 Å². The SMILES string of the molecule is N#CC1CC2CCC2N1C(=O)CC12CC3CCC(O)(CC(C3)C1)C2. The Bertz CT molecular complexity index is 613. The Balaban J connectivity index is 1.39. The average Bonchev–Trinajstić information content (AvgIpc) is 2.61. The topological polar surface area (TPSA) is 64.3 Å². The van der Waals surface area contributed by atoms with Gasteiger partial charge in [-0.2, -0.15) is 5.26 Å². The summed E-state index contributed by atoms with van der Waals surface area (Å²) in [5.41, 5.74) is -0.511. The summed E-state index contributed by atoms with van der Waals surface area (Å²) in [5.74, 6) is 2.09. The summed E-state index contributed by atoms with van der Waals surface area (Å²) in [4.78, 5) is 15.2. The van der Waals surface area contributed by atoms with Gasteiger partial charge in [0.2, 0.25) is 5.91 Å². The number of rotatable bonds is 2. The molecular formula is C20H28N2O2. The van der Waals surface area contributed by atoms with Crippen LogP contribution in [0.4, 0.5) is 0 Å². The van der Waals surface area contributed by atoms with Crippen molar-refractivity contribution >= 4 is 5.91 Å². The normalized spacial score (nSPS) is 51.7. The summed E-state index contributed by atoms with van der Waals surface area (Å²) in [6.45, 7) is 0. The van der Waals surface area contributed by atoms with Gasteiger partial charge in [-0.15, -0.1) is 0 Å². The molecule has 1 saturated heterocycles. The predicted octanol–water partition coefficient (Wildman–Crippen LogP) is 3.00. The first-order valence-electron chi connectivity index (χ1n) is 9.92. The Labute approximate surface area is 144 Å². The molecule has 0 aromatic heterocycles. The fourth-order valence-corrected chi connectivity index (χ4v) is 7.35. The molecule has 6 aliphatic rings. The molecule has 0 aromatic carbocycles. The zero-order valence-electron chi connectivity index (χ0n) is 14.4. The summed E-state index contributed by atoms with van der Waals surface area (Å²) in [6, 6.07) is 2.51. The van der Waals surface area contributed by atoms with Gasteiger partial charge in [-0.1, -0.05) is 0 Å². The molecule has 7 atom stereocenters. The van der Waals surface area contributed by atoms with Crippen molar-refractivity contribution in [1.82, 2.24) is 4.90 Å². The molecule has 24 heavy (non-hydrogen) atoms. The average molecular weight is 328 g/mol. The highest BCUT2D eigenvalue weighted by molar-refractivity contribution is 5.79. The van der Waals surface area contributed by atoms with E-state index < -0.39 is 5.60 Å². The van der Waals surface area contributed by atoms with E-state index in [4.69, 9.17) is 0 Å². The Morgan fingerprint density at radius 3 is 2.75 bits per heavy atom. The van der Waals surface area contributed by atoms with Gasteiger partial charge in [0.25, 0.3) is 0 Å². The maximum absolute atomic E-state index is 13.2. The van der Waals surface area contributed by atoms with Crippen molar-refractivity contribution in [3.8, 4) is 6.07 Å². The van der Waals surface area contributed by atoms with Crippen LogP contribution in [0.5, 0.6) is 0 Å². The summed E-state index contributed by atoms with van der Waals surface area (Å²) in [7, 11) is 0. The minimum absolute atomic E-state index is 0.00993. The maximum Gasteiger partial charge on any atom is 0.224 e. The number of nitrogens with zero attached hydrogens (tertiary/aromatic N) is 2. The first-order valence-corrected chi connectivity index (χ1v) is 9.92. The van der Waals surface area contributed by atoms with Crippen LogP contribution < -0.4 is 0 Å². The number of hydrogen-bond donors (Lipinski definition) is 1. The number of fused-ring (bicyclic) bond motifs is 2. The van der Waals surface area contributed by atoms with E-state index >= 15 is 0 Å². The van der Waals surface area contributed by atoms with Gasteiger partial charge in [0.05, 0.1) is 11.7 Å². The Morgan fingerprint density at radius 2 is 2.00 bits per heavy atom. The highest BCUT2D eigenvalue weighted by Crippen LogP contribution is 2.61.